The maximum atomic E-state index is 12.6. The fraction of sp³-hybridized carbons (Fsp3) is 0.480. The molecule has 7 atom stereocenters. The molecule has 0 aromatic heterocycles. The summed E-state index contributed by atoms with van der Waals surface area (Å²) in [4.78, 5) is 12.6. The molecular weight excluding hydrogens is 492 g/mol. The first-order valence-corrected chi connectivity index (χ1v) is 11.5. The molecule has 202 valence electrons. The second-order valence-electron chi connectivity index (χ2n) is 8.98. The van der Waals surface area contributed by atoms with Crippen LogP contribution in [0.15, 0.2) is 36.4 Å². The van der Waals surface area contributed by atoms with Gasteiger partial charge in [-0.05, 0) is 35.4 Å². The smallest absolute Gasteiger partial charge is 0.339 e. The van der Waals surface area contributed by atoms with E-state index in [0.717, 1.165) is 0 Å². The summed E-state index contributed by atoms with van der Waals surface area (Å²) in [7, 11) is 2.75. The first-order chi connectivity index (χ1) is 17.6. The summed E-state index contributed by atoms with van der Waals surface area (Å²) >= 11 is 0. The Morgan fingerprint density at radius 1 is 0.973 bits per heavy atom. The molecular formula is C25H30O12. The maximum Gasteiger partial charge on any atom is 0.339 e. The third-order valence-corrected chi connectivity index (χ3v) is 6.71. The summed E-state index contributed by atoms with van der Waals surface area (Å²) in [6.07, 6.45) is -7.45. The van der Waals surface area contributed by atoms with Crippen LogP contribution in [0.2, 0.25) is 0 Å². The summed E-state index contributed by atoms with van der Waals surface area (Å²) in [5.41, 5.74) is -0.889. The first kappa shape index (κ1) is 26.9. The number of carbonyl (C=O) groups excluding carboxylic acids is 1. The molecule has 0 aliphatic carbocycles. The van der Waals surface area contributed by atoms with Crippen LogP contribution in [0, 0.1) is 0 Å². The topological polar surface area (TPSA) is 185 Å². The second-order valence-corrected chi connectivity index (χ2v) is 8.98. The van der Waals surface area contributed by atoms with Crippen LogP contribution in [-0.2, 0) is 20.7 Å². The number of carbonyl (C=O) groups is 1. The van der Waals surface area contributed by atoms with Crippen LogP contribution < -0.4 is 14.2 Å². The van der Waals surface area contributed by atoms with Crippen LogP contribution >= 0.6 is 0 Å². The van der Waals surface area contributed by atoms with Gasteiger partial charge in [-0.25, -0.2) is 4.79 Å². The lowest BCUT2D eigenvalue weighted by atomic mass is 9.80. The van der Waals surface area contributed by atoms with E-state index in [9.17, 15) is 35.4 Å². The highest BCUT2D eigenvalue weighted by Crippen LogP contribution is 2.42. The number of aromatic hydroxyl groups is 1. The fourth-order valence-electron chi connectivity index (χ4n) is 4.56. The van der Waals surface area contributed by atoms with Gasteiger partial charge in [0.25, 0.3) is 0 Å². The van der Waals surface area contributed by atoms with Gasteiger partial charge in [0.1, 0.15) is 31.0 Å². The summed E-state index contributed by atoms with van der Waals surface area (Å²) in [6.45, 7) is -0.706. The molecule has 2 heterocycles. The van der Waals surface area contributed by atoms with Crippen LogP contribution in [0.3, 0.4) is 0 Å². The number of aliphatic hydroxyl groups excluding tert-OH is 4. The zero-order valence-electron chi connectivity index (χ0n) is 20.2. The molecule has 2 aromatic rings. The Kier molecular flexibility index (Phi) is 7.78. The summed E-state index contributed by atoms with van der Waals surface area (Å²) in [5, 5.41) is 60.9. The van der Waals surface area contributed by atoms with Gasteiger partial charge in [0, 0.05) is 6.42 Å². The number of hydrogen-bond donors (Lipinski definition) is 6. The van der Waals surface area contributed by atoms with Gasteiger partial charge in [-0.3, -0.25) is 0 Å². The Morgan fingerprint density at radius 3 is 2.38 bits per heavy atom. The SMILES string of the molecule is COc1cc(CC2(O)C(=O)OCC2c2ccc(O[C@@H]3O[C@H](CO)[C@@H](O)[C@H](O)[C@H]3O)c(OC)c2)ccc1O. The van der Waals surface area contributed by atoms with Gasteiger partial charge in [0.05, 0.1) is 26.7 Å². The number of phenols is 1. The summed E-state index contributed by atoms with van der Waals surface area (Å²) in [6, 6.07) is 9.08. The molecule has 4 rings (SSSR count). The number of ether oxygens (including phenoxy) is 5. The molecule has 12 heteroatoms. The number of cyclic esters (lactones) is 1. The molecule has 0 saturated carbocycles. The summed E-state index contributed by atoms with van der Waals surface area (Å²) in [5.74, 6) is -1.20. The largest absolute Gasteiger partial charge is 0.504 e. The van der Waals surface area contributed by atoms with Crippen LogP contribution in [0.4, 0.5) is 0 Å². The Labute approximate surface area is 212 Å². The minimum atomic E-state index is -1.92. The number of methoxy groups -OCH3 is 2. The Hall–Kier alpha value is -3.13. The van der Waals surface area contributed by atoms with Gasteiger partial charge >= 0.3 is 5.97 Å². The minimum absolute atomic E-state index is 0.0801. The number of phenolic OH excluding ortho intramolecular Hbond substituents is 1. The molecule has 0 radical (unpaired) electrons. The van der Waals surface area contributed by atoms with Gasteiger partial charge in [0.15, 0.2) is 28.6 Å². The summed E-state index contributed by atoms with van der Waals surface area (Å²) < 4.78 is 26.8. The highest BCUT2D eigenvalue weighted by Gasteiger charge is 2.52. The standard InChI is InChI=1S/C25H30O12/c1-33-17-7-12(3-5-15(17)27)9-25(32)14(11-35-24(25)31)13-4-6-16(18(8-13)34-2)36-23-22(30)21(29)20(28)19(10-26)37-23/h3-8,14,19-23,26-30,32H,9-11H2,1-2H3/t14?,19-,20-,21+,22-,23-,25?/m1/s1. The van der Waals surface area contributed by atoms with Crippen molar-refractivity contribution in [3.8, 4) is 23.0 Å². The zero-order chi connectivity index (χ0) is 26.9. The van der Waals surface area contributed by atoms with E-state index < -0.39 is 54.8 Å². The number of rotatable bonds is 8. The third-order valence-electron chi connectivity index (χ3n) is 6.71. The lowest BCUT2D eigenvalue weighted by molar-refractivity contribution is -0.277. The number of hydrogen-bond acceptors (Lipinski definition) is 12. The average Bonchev–Trinajstić information content (AvgIpc) is 3.18. The van der Waals surface area contributed by atoms with E-state index in [4.69, 9.17) is 23.7 Å². The predicted octanol–water partition coefficient (Wildman–Crippen LogP) is -0.798. The Balaban J connectivity index is 1.58. The number of benzene rings is 2. The van der Waals surface area contributed by atoms with Crippen molar-refractivity contribution < 1.29 is 59.1 Å². The van der Waals surface area contributed by atoms with Crippen LogP contribution in [0.1, 0.15) is 17.0 Å². The van der Waals surface area contributed by atoms with Crippen LogP contribution in [0.25, 0.3) is 0 Å². The Morgan fingerprint density at radius 2 is 1.70 bits per heavy atom. The molecule has 0 amide bonds. The van der Waals surface area contributed by atoms with Crippen molar-refractivity contribution in [3.05, 3.63) is 47.5 Å². The molecule has 0 bridgehead atoms. The monoisotopic (exact) mass is 522 g/mol. The Bertz CT molecular complexity index is 1120. The van der Waals surface area contributed by atoms with Crippen LogP contribution in [-0.4, -0.2) is 100 Å². The van der Waals surface area contributed by atoms with Gasteiger partial charge in [-0.2, -0.15) is 0 Å². The van der Waals surface area contributed by atoms with Crippen molar-refractivity contribution in [2.75, 3.05) is 27.4 Å². The van der Waals surface area contributed by atoms with Crippen molar-refractivity contribution >= 4 is 5.97 Å². The first-order valence-electron chi connectivity index (χ1n) is 11.5. The fourth-order valence-corrected chi connectivity index (χ4v) is 4.56. The molecule has 12 nitrogen and oxygen atoms in total. The molecule has 37 heavy (non-hydrogen) atoms. The molecule has 2 fully saturated rings. The van der Waals surface area contributed by atoms with Crippen molar-refractivity contribution in [2.24, 2.45) is 0 Å². The number of aliphatic hydroxyl groups is 5. The van der Waals surface area contributed by atoms with Crippen molar-refractivity contribution in [3.63, 3.8) is 0 Å². The van der Waals surface area contributed by atoms with Gasteiger partial charge in [0.2, 0.25) is 6.29 Å². The van der Waals surface area contributed by atoms with E-state index in [2.05, 4.69) is 0 Å². The quantitative estimate of drug-likeness (QED) is 0.238. The average molecular weight is 523 g/mol. The second kappa shape index (κ2) is 10.7. The van der Waals surface area contributed by atoms with E-state index in [1.54, 1.807) is 12.1 Å². The highest BCUT2D eigenvalue weighted by atomic mass is 16.7. The van der Waals surface area contributed by atoms with Gasteiger partial charge < -0.3 is 54.3 Å². The number of esters is 1. The molecule has 6 N–H and O–H groups in total. The van der Waals surface area contributed by atoms with E-state index in [0.29, 0.717) is 11.1 Å². The van der Waals surface area contributed by atoms with Gasteiger partial charge in [-0.15, -0.1) is 0 Å². The van der Waals surface area contributed by atoms with Crippen LogP contribution in [0.5, 0.6) is 23.0 Å². The van der Waals surface area contributed by atoms with Crippen molar-refractivity contribution in [1.82, 2.24) is 0 Å². The molecule has 2 unspecified atom stereocenters. The lowest BCUT2D eigenvalue weighted by Gasteiger charge is -2.39. The van der Waals surface area contributed by atoms with E-state index in [1.807, 2.05) is 0 Å². The van der Waals surface area contributed by atoms with E-state index >= 15 is 0 Å². The molecule has 2 saturated heterocycles. The predicted molar refractivity (Wildman–Crippen MR) is 124 cm³/mol. The van der Waals surface area contributed by atoms with Crippen molar-refractivity contribution in [1.29, 1.82) is 0 Å². The third kappa shape index (κ3) is 5.04. The molecule has 2 aliphatic rings. The lowest BCUT2D eigenvalue weighted by Crippen LogP contribution is -2.60. The van der Waals surface area contributed by atoms with Gasteiger partial charge in [-0.1, -0.05) is 12.1 Å². The highest BCUT2D eigenvalue weighted by molar-refractivity contribution is 5.83. The van der Waals surface area contributed by atoms with E-state index in [-0.39, 0.29) is 36.0 Å². The molecule has 2 aliphatic heterocycles. The van der Waals surface area contributed by atoms with E-state index in [1.165, 1.54) is 38.5 Å². The maximum absolute atomic E-state index is 12.6. The molecule has 0 spiro atoms. The molecule has 2 aromatic carbocycles. The minimum Gasteiger partial charge on any atom is -0.504 e. The zero-order valence-corrected chi connectivity index (χ0v) is 20.2. The normalized spacial score (nSPS) is 31.6. The van der Waals surface area contributed by atoms with Crippen molar-refractivity contribution in [2.45, 2.75) is 48.6 Å².